The molecule has 0 radical (unpaired) electrons. The summed E-state index contributed by atoms with van der Waals surface area (Å²) in [5, 5.41) is 13.4. The van der Waals surface area contributed by atoms with Gasteiger partial charge in [-0.2, -0.15) is 0 Å². The number of aromatic nitrogens is 1. The highest BCUT2D eigenvalue weighted by atomic mass is 32.1. The summed E-state index contributed by atoms with van der Waals surface area (Å²) in [4.78, 5) is 11.0. The first kappa shape index (κ1) is 17.9. The van der Waals surface area contributed by atoms with E-state index in [-0.39, 0.29) is 6.10 Å². The number of fused-ring (bicyclic) bond motifs is 1. The number of pyridine rings is 1. The van der Waals surface area contributed by atoms with Crippen LogP contribution in [0.5, 0.6) is 0 Å². The smallest absolute Gasteiger partial charge is 0.0841 e. The number of aryl methyl sites for hydroxylation is 1. The van der Waals surface area contributed by atoms with Crippen molar-refractivity contribution < 1.29 is 5.11 Å². The van der Waals surface area contributed by atoms with Crippen molar-refractivity contribution >= 4 is 32.9 Å². The molecular weight excluding hydrogens is 368 g/mol. The topological polar surface area (TPSA) is 51.6 Å². The Balaban J connectivity index is 1.51. The third kappa shape index (κ3) is 3.36. The number of thiophene rings is 1. The lowest BCUT2D eigenvalue weighted by atomic mass is 10.1. The standard InChI is InChI=1S/C22H26N4OS/c1-15-12-20-22(28-15)21(26-9-6-18(27)14-26)13-19(24-20)16-2-4-17(5-3-16)25-10-7-23-8-11-25/h2-5,12-13,18,23,27H,6-11,14H2,1H3. The van der Waals surface area contributed by atoms with Crippen LogP contribution < -0.4 is 15.1 Å². The average Bonchev–Trinajstić information content (AvgIpc) is 3.32. The predicted octanol–water partition coefficient (Wildman–Crippen LogP) is 3.25. The highest BCUT2D eigenvalue weighted by Crippen LogP contribution is 2.37. The van der Waals surface area contributed by atoms with Gasteiger partial charge >= 0.3 is 0 Å². The summed E-state index contributed by atoms with van der Waals surface area (Å²) >= 11 is 1.79. The molecule has 0 saturated carbocycles. The second kappa shape index (κ2) is 7.35. The minimum atomic E-state index is -0.231. The molecule has 2 fully saturated rings. The van der Waals surface area contributed by atoms with Gasteiger partial charge in [0.2, 0.25) is 0 Å². The van der Waals surface area contributed by atoms with Crippen LogP contribution in [0.3, 0.4) is 0 Å². The molecule has 2 aromatic heterocycles. The molecule has 28 heavy (non-hydrogen) atoms. The second-order valence-electron chi connectivity index (χ2n) is 7.77. The molecule has 0 aliphatic carbocycles. The molecule has 2 N–H and O–H groups in total. The van der Waals surface area contributed by atoms with Gasteiger partial charge < -0.3 is 20.2 Å². The lowest BCUT2D eigenvalue weighted by molar-refractivity contribution is 0.198. The normalized spacial score (nSPS) is 20.3. The first-order valence-electron chi connectivity index (χ1n) is 10.1. The van der Waals surface area contributed by atoms with Crippen molar-refractivity contribution in [1.29, 1.82) is 0 Å². The SMILES string of the molecule is Cc1cc2nc(-c3ccc(N4CCNCC4)cc3)cc(N3CCC(O)C3)c2s1. The maximum Gasteiger partial charge on any atom is 0.0841 e. The monoisotopic (exact) mass is 394 g/mol. The van der Waals surface area contributed by atoms with E-state index >= 15 is 0 Å². The number of β-amino-alcohol motifs (C(OH)–C–C–N with tert-alkyl or cyclic N) is 1. The molecule has 5 nitrogen and oxygen atoms in total. The van der Waals surface area contributed by atoms with Gasteiger partial charge in [-0.3, -0.25) is 0 Å². The zero-order valence-corrected chi connectivity index (χ0v) is 17.0. The van der Waals surface area contributed by atoms with Gasteiger partial charge in [0.05, 0.1) is 27.7 Å². The second-order valence-corrected chi connectivity index (χ2v) is 9.03. The van der Waals surface area contributed by atoms with E-state index in [2.05, 4.69) is 58.4 Å². The molecule has 1 aromatic carbocycles. The maximum atomic E-state index is 10.0. The Kier molecular flexibility index (Phi) is 4.70. The van der Waals surface area contributed by atoms with Gasteiger partial charge in [0.15, 0.2) is 0 Å². The first-order chi connectivity index (χ1) is 13.7. The van der Waals surface area contributed by atoms with Crippen LogP contribution in [0.15, 0.2) is 36.4 Å². The zero-order chi connectivity index (χ0) is 19.1. The number of nitrogens with one attached hydrogen (secondary N) is 1. The van der Waals surface area contributed by atoms with E-state index < -0.39 is 0 Å². The molecule has 6 heteroatoms. The number of aliphatic hydroxyl groups is 1. The highest BCUT2D eigenvalue weighted by Gasteiger charge is 2.24. The lowest BCUT2D eigenvalue weighted by Crippen LogP contribution is -2.43. The van der Waals surface area contributed by atoms with Crippen LogP contribution in [-0.4, -0.2) is 55.5 Å². The molecule has 3 aromatic rings. The third-order valence-corrected chi connectivity index (χ3v) is 6.79. The third-order valence-electron chi connectivity index (χ3n) is 5.73. The summed E-state index contributed by atoms with van der Waals surface area (Å²) in [6.45, 7) is 7.94. The van der Waals surface area contributed by atoms with Crippen molar-refractivity contribution in [2.75, 3.05) is 49.1 Å². The van der Waals surface area contributed by atoms with E-state index in [1.165, 1.54) is 21.0 Å². The molecule has 146 valence electrons. The molecule has 2 aliphatic heterocycles. The van der Waals surface area contributed by atoms with Gasteiger partial charge in [0, 0.05) is 55.4 Å². The largest absolute Gasteiger partial charge is 0.391 e. The van der Waals surface area contributed by atoms with E-state index in [1.807, 2.05) is 0 Å². The number of benzene rings is 1. The van der Waals surface area contributed by atoms with Crippen LogP contribution in [0.4, 0.5) is 11.4 Å². The van der Waals surface area contributed by atoms with Crippen molar-refractivity contribution in [2.24, 2.45) is 0 Å². The van der Waals surface area contributed by atoms with Gasteiger partial charge in [0.1, 0.15) is 0 Å². The van der Waals surface area contributed by atoms with Crippen LogP contribution >= 0.6 is 11.3 Å². The number of hydrogen-bond donors (Lipinski definition) is 2. The Morgan fingerprint density at radius 2 is 1.86 bits per heavy atom. The van der Waals surface area contributed by atoms with Crippen LogP contribution in [-0.2, 0) is 0 Å². The van der Waals surface area contributed by atoms with E-state index in [0.717, 1.165) is 55.9 Å². The summed E-state index contributed by atoms with van der Waals surface area (Å²) in [7, 11) is 0. The molecular formula is C22H26N4OS. The average molecular weight is 395 g/mol. The van der Waals surface area contributed by atoms with Crippen molar-refractivity contribution in [3.63, 3.8) is 0 Å². The summed E-state index contributed by atoms with van der Waals surface area (Å²) in [6.07, 6.45) is 0.606. The molecule has 1 atom stereocenters. The number of rotatable bonds is 3. The Morgan fingerprint density at radius 3 is 2.57 bits per heavy atom. The van der Waals surface area contributed by atoms with Crippen LogP contribution in [0.25, 0.3) is 21.5 Å². The van der Waals surface area contributed by atoms with Gasteiger partial charge in [-0.15, -0.1) is 11.3 Å². The predicted molar refractivity (Wildman–Crippen MR) is 118 cm³/mol. The van der Waals surface area contributed by atoms with Crippen molar-refractivity contribution in [1.82, 2.24) is 10.3 Å². The number of anilines is 2. The van der Waals surface area contributed by atoms with Crippen LogP contribution in [0, 0.1) is 6.92 Å². The minimum absolute atomic E-state index is 0.231. The van der Waals surface area contributed by atoms with Crippen molar-refractivity contribution in [3.05, 3.63) is 41.3 Å². The van der Waals surface area contributed by atoms with E-state index in [4.69, 9.17) is 4.98 Å². The molecule has 5 rings (SSSR count). The molecule has 1 unspecified atom stereocenters. The Morgan fingerprint density at radius 1 is 1.07 bits per heavy atom. The van der Waals surface area contributed by atoms with Crippen LogP contribution in [0.2, 0.25) is 0 Å². The number of nitrogens with zero attached hydrogens (tertiary/aromatic N) is 3. The number of aliphatic hydroxyl groups excluding tert-OH is 1. The van der Waals surface area contributed by atoms with Crippen molar-refractivity contribution in [2.45, 2.75) is 19.4 Å². The molecule has 4 heterocycles. The minimum Gasteiger partial charge on any atom is -0.391 e. The molecule has 2 aliphatic rings. The van der Waals surface area contributed by atoms with Crippen molar-refractivity contribution in [3.8, 4) is 11.3 Å². The quantitative estimate of drug-likeness (QED) is 0.714. The fourth-order valence-electron chi connectivity index (χ4n) is 4.23. The summed E-state index contributed by atoms with van der Waals surface area (Å²) in [6, 6.07) is 13.2. The summed E-state index contributed by atoms with van der Waals surface area (Å²) in [5.41, 5.74) is 5.70. The van der Waals surface area contributed by atoms with E-state index in [0.29, 0.717) is 6.54 Å². The van der Waals surface area contributed by atoms with E-state index in [9.17, 15) is 5.11 Å². The van der Waals surface area contributed by atoms with E-state index in [1.54, 1.807) is 11.3 Å². The summed E-state index contributed by atoms with van der Waals surface area (Å²) in [5.74, 6) is 0. The fraction of sp³-hybridized carbons (Fsp3) is 0.409. The Labute approximate surface area is 169 Å². The van der Waals surface area contributed by atoms with Gasteiger partial charge in [0.25, 0.3) is 0 Å². The van der Waals surface area contributed by atoms with Gasteiger partial charge in [-0.25, -0.2) is 4.98 Å². The van der Waals surface area contributed by atoms with Gasteiger partial charge in [-0.05, 0) is 37.6 Å². The summed E-state index contributed by atoms with van der Waals surface area (Å²) < 4.78 is 1.23. The zero-order valence-electron chi connectivity index (χ0n) is 16.2. The molecule has 0 amide bonds. The first-order valence-corrected chi connectivity index (χ1v) is 10.9. The molecule has 0 spiro atoms. The Hall–Kier alpha value is -2.15. The molecule has 2 saturated heterocycles. The van der Waals surface area contributed by atoms with Crippen LogP contribution in [0.1, 0.15) is 11.3 Å². The Bertz CT molecular complexity index is 978. The van der Waals surface area contributed by atoms with Gasteiger partial charge in [-0.1, -0.05) is 12.1 Å². The molecule has 0 bridgehead atoms. The maximum absolute atomic E-state index is 10.0. The lowest BCUT2D eigenvalue weighted by Gasteiger charge is -2.29. The fourth-order valence-corrected chi connectivity index (χ4v) is 5.23. The highest BCUT2D eigenvalue weighted by molar-refractivity contribution is 7.19. The number of hydrogen-bond acceptors (Lipinski definition) is 6. The number of piperazine rings is 1.